The van der Waals surface area contributed by atoms with Crippen LogP contribution in [0.25, 0.3) is 11.2 Å². The number of nitrogens with zero attached hydrogens (tertiary/aromatic N) is 2. The van der Waals surface area contributed by atoms with Gasteiger partial charge in [0.25, 0.3) is 0 Å². The molecular weight excluding hydrogens is 208 g/mol. The lowest BCUT2D eigenvalue weighted by molar-refractivity contribution is 0.0836. The van der Waals surface area contributed by atoms with E-state index in [0.29, 0.717) is 17.1 Å². The number of ether oxygens (including phenoxy) is 1. The molecular formula is C10H12N4O2. The van der Waals surface area contributed by atoms with Gasteiger partial charge in [0.2, 0.25) is 0 Å². The molecule has 3 heterocycles. The molecule has 0 unspecified atom stereocenters. The van der Waals surface area contributed by atoms with E-state index in [0.717, 1.165) is 31.9 Å². The first-order valence-electron chi connectivity index (χ1n) is 5.35. The molecule has 3 rings (SSSR count). The van der Waals surface area contributed by atoms with Crippen molar-refractivity contribution in [3.63, 3.8) is 0 Å². The second kappa shape index (κ2) is 3.71. The van der Waals surface area contributed by atoms with E-state index in [1.807, 2.05) is 0 Å². The highest BCUT2D eigenvalue weighted by atomic mass is 16.5. The molecule has 2 N–H and O–H groups in total. The zero-order valence-electron chi connectivity index (χ0n) is 8.69. The summed E-state index contributed by atoms with van der Waals surface area (Å²) in [5.74, 6) is 1.14. The third-order valence-electron chi connectivity index (χ3n) is 2.87. The van der Waals surface area contributed by atoms with Crippen molar-refractivity contribution in [3.8, 4) is 0 Å². The maximum atomic E-state index is 11.1. The number of H-pyrrole nitrogens is 2. The van der Waals surface area contributed by atoms with Crippen molar-refractivity contribution in [3.05, 3.63) is 22.5 Å². The van der Waals surface area contributed by atoms with E-state index in [2.05, 4.69) is 19.9 Å². The number of nitrogens with one attached hydrogen (secondary N) is 2. The fraction of sp³-hybridized carbons (Fsp3) is 0.500. The molecule has 1 saturated heterocycles. The van der Waals surface area contributed by atoms with Crippen molar-refractivity contribution in [2.24, 2.45) is 0 Å². The molecule has 0 aliphatic carbocycles. The summed E-state index contributed by atoms with van der Waals surface area (Å²) in [6, 6.07) is 0. The first-order valence-corrected chi connectivity index (χ1v) is 5.35. The molecule has 0 aromatic carbocycles. The maximum Gasteiger partial charge on any atom is 0.325 e. The van der Waals surface area contributed by atoms with E-state index in [1.54, 1.807) is 6.20 Å². The summed E-state index contributed by atoms with van der Waals surface area (Å²) >= 11 is 0. The molecule has 2 aromatic rings. The van der Waals surface area contributed by atoms with Gasteiger partial charge in [0.15, 0.2) is 5.65 Å². The van der Waals surface area contributed by atoms with Crippen molar-refractivity contribution in [2.75, 3.05) is 13.2 Å². The number of rotatable bonds is 1. The van der Waals surface area contributed by atoms with Gasteiger partial charge in [-0.15, -0.1) is 0 Å². The average Bonchev–Trinajstić information content (AvgIpc) is 2.69. The summed E-state index contributed by atoms with van der Waals surface area (Å²) < 4.78 is 5.29. The van der Waals surface area contributed by atoms with E-state index >= 15 is 0 Å². The van der Waals surface area contributed by atoms with E-state index in [-0.39, 0.29) is 5.69 Å². The van der Waals surface area contributed by atoms with E-state index in [9.17, 15) is 4.79 Å². The molecule has 16 heavy (non-hydrogen) atoms. The van der Waals surface area contributed by atoms with Crippen LogP contribution in [0.15, 0.2) is 11.0 Å². The average molecular weight is 220 g/mol. The van der Waals surface area contributed by atoms with Crippen LogP contribution in [-0.2, 0) is 4.74 Å². The van der Waals surface area contributed by atoms with Gasteiger partial charge in [-0.25, -0.2) is 14.8 Å². The summed E-state index contributed by atoms with van der Waals surface area (Å²) in [5.41, 5.74) is 0.996. The van der Waals surface area contributed by atoms with Crippen molar-refractivity contribution in [2.45, 2.75) is 18.8 Å². The van der Waals surface area contributed by atoms with Gasteiger partial charge >= 0.3 is 5.69 Å². The molecule has 0 saturated carbocycles. The van der Waals surface area contributed by atoms with Crippen LogP contribution in [0.3, 0.4) is 0 Å². The third kappa shape index (κ3) is 1.61. The van der Waals surface area contributed by atoms with Crippen LogP contribution < -0.4 is 5.69 Å². The number of hydrogen-bond donors (Lipinski definition) is 2. The first kappa shape index (κ1) is 9.53. The van der Waals surface area contributed by atoms with Crippen molar-refractivity contribution >= 4 is 11.2 Å². The largest absolute Gasteiger partial charge is 0.381 e. The number of hydrogen-bond acceptors (Lipinski definition) is 4. The molecule has 0 amide bonds. The Labute approximate surface area is 91.1 Å². The van der Waals surface area contributed by atoms with Crippen LogP contribution in [0.5, 0.6) is 0 Å². The predicted octanol–water partition coefficient (Wildman–Crippen LogP) is 0.540. The minimum Gasteiger partial charge on any atom is -0.381 e. The molecule has 0 radical (unpaired) electrons. The fourth-order valence-corrected chi connectivity index (χ4v) is 2.00. The molecule has 0 bridgehead atoms. The maximum absolute atomic E-state index is 11.1. The van der Waals surface area contributed by atoms with E-state index < -0.39 is 0 Å². The van der Waals surface area contributed by atoms with Gasteiger partial charge < -0.3 is 9.72 Å². The highest BCUT2D eigenvalue weighted by Crippen LogP contribution is 2.24. The molecule has 0 spiro atoms. The number of fused-ring (bicyclic) bond motifs is 1. The van der Waals surface area contributed by atoms with Gasteiger partial charge in [0.1, 0.15) is 11.3 Å². The topological polar surface area (TPSA) is 83.7 Å². The second-order valence-electron chi connectivity index (χ2n) is 3.96. The first-order chi connectivity index (χ1) is 7.83. The minimum atomic E-state index is -0.242. The molecule has 0 atom stereocenters. The number of aromatic amines is 2. The molecule has 2 aromatic heterocycles. The van der Waals surface area contributed by atoms with Gasteiger partial charge in [-0.05, 0) is 12.8 Å². The van der Waals surface area contributed by atoms with Crippen molar-refractivity contribution < 1.29 is 4.74 Å². The highest BCUT2D eigenvalue weighted by Gasteiger charge is 2.19. The number of imidazole rings is 1. The standard InChI is InChI=1S/C10H12N4O2/c15-10-12-7-5-11-8(13-9(7)14-10)6-1-3-16-4-2-6/h5-6H,1-4H2,(H2,11,12,13,14,15). The SMILES string of the molecule is O=c1[nH]c2cnc(C3CCOCC3)nc2[nH]1. The Morgan fingerprint density at radius 3 is 2.94 bits per heavy atom. The molecule has 6 heteroatoms. The Morgan fingerprint density at radius 2 is 2.12 bits per heavy atom. The lowest BCUT2D eigenvalue weighted by atomic mass is 9.99. The summed E-state index contributed by atoms with van der Waals surface area (Å²) in [7, 11) is 0. The van der Waals surface area contributed by atoms with Crippen LogP contribution in [0, 0.1) is 0 Å². The van der Waals surface area contributed by atoms with Gasteiger partial charge in [-0.1, -0.05) is 0 Å². The van der Waals surface area contributed by atoms with Gasteiger partial charge in [0.05, 0.1) is 6.20 Å². The Bertz CT molecular complexity index is 553. The van der Waals surface area contributed by atoms with Crippen LogP contribution >= 0.6 is 0 Å². The second-order valence-corrected chi connectivity index (χ2v) is 3.96. The van der Waals surface area contributed by atoms with Gasteiger partial charge in [-0.3, -0.25) is 4.98 Å². The highest BCUT2D eigenvalue weighted by molar-refractivity contribution is 5.68. The van der Waals surface area contributed by atoms with E-state index in [1.165, 1.54) is 0 Å². The van der Waals surface area contributed by atoms with Crippen LogP contribution in [0.1, 0.15) is 24.6 Å². The van der Waals surface area contributed by atoms with Gasteiger partial charge in [0, 0.05) is 19.1 Å². The lowest BCUT2D eigenvalue weighted by Gasteiger charge is -2.20. The summed E-state index contributed by atoms with van der Waals surface area (Å²) in [6.45, 7) is 1.52. The molecule has 6 nitrogen and oxygen atoms in total. The molecule has 1 aliphatic heterocycles. The zero-order valence-corrected chi connectivity index (χ0v) is 8.69. The fourth-order valence-electron chi connectivity index (χ4n) is 2.00. The van der Waals surface area contributed by atoms with Gasteiger partial charge in [-0.2, -0.15) is 0 Å². The quantitative estimate of drug-likeness (QED) is 0.734. The van der Waals surface area contributed by atoms with Crippen LogP contribution in [-0.4, -0.2) is 33.1 Å². The zero-order chi connectivity index (χ0) is 11.0. The lowest BCUT2D eigenvalue weighted by Crippen LogP contribution is -2.16. The Hall–Kier alpha value is -1.69. The Balaban J connectivity index is 2.00. The molecule has 1 fully saturated rings. The summed E-state index contributed by atoms with van der Waals surface area (Å²) in [6.07, 6.45) is 3.55. The van der Waals surface area contributed by atoms with Crippen LogP contribution in [0.4, 0.5) is 0 Å². The molecule has 84 valence electrons. The van der Waals surface area contributed by atoms with Crippen molar-refractivity contribution in [1.29, 1.82) is 0 Å². The predicted molar refractivity (Wildman–Crippen MR) is 57.3 cm³/mol. The van der Waals surface area contributed by atoms with Crippen LogP contribution in [0.2, 0.25) is 0 Å². The van der Waals surface area contributed by atoms with E-state index in [4.69, 9.17) is 4.74 Å². The monoisotopic (exact) mass is 220 g/mol. The third-order valence-corrected chi connectivity index (χ3v) is 2.87. The Kier molecular flexibility index (Phi) is 2.21. The normalized spacial score (nSPS) is 18.0. The summed E-state index contributed by atoms with van der Waals surface area (Å²) in [5, 5.41) is 0. The summed E-state index contributed by atoms with van der Waals surface area (Å²) in [4.78, 5) is 25.0. The Morgan fingerprint density at radius 1 is 1.31 bits per heavy atom. The molecule has 1 aliphatic rings. The van der Waals surface area contributed by atoms with Crippen molar-refractivity contribution in [1.82, 2.24) is 19.9 Å². The number of aromatic nitrogens is 4. The smallest absolute Gasteiger partial charge is 0.325 e. The minimum absolute atomic E-state index is 0.242.